The molecule has 0 aliphatic rings. The van der Waals surface area contributed by atoms with E-state index in [1.165, 1.54) is 11.8 Å². The molecule has 0 unspecified atom stereocenters. The third kappa shape index (κ3) is 4.55. The van der Waals surface area contributed by atoms with Crippen molar-refractivity contribution in [2.24, 2.45) is 0 Å². The van der Waals surface area contributed by atoms with Crippen molar-refractivity contribution in [3.8, 4) is 17.1 Å². The number of amides is 1. The SMILES string of the molecule is Cc1ccccc1-n1c(SCC(=O)NCc2cccs2)nnc1-c1cccnc1. The van der Waals surface area contributed by atoms with Crippen molar-refractivity contribution in [3.05, 3.63) is 76.7 Å². The first-order chi connectivity index (χ1) is 14.2. The second-order valence-electron chi connectivity index (χ2n) is 6.31. The fourth-order valence-corrected chi connectivity index (χ4v) is 4.28. The normalized spacial score (nSPS) is 10.8. The zero-order valence-electron chi connectivity index (χ0n) is 15.8. The van der Waals surface area contributed by atoms with Crippen LogP contribution in [0.5, 0.6) is 0 Å². The molecule has 1 N–H and O–H groups in total. The highest BCUT2D eigenvalue weighted by Gasteiger charge is 2.18. The van der Waals surface area contributed by atoms with Gasteiger partial charge in [0.05, 0.1) is 18.0 Å². The van der Waals surface area contributed by atoms with E-state index in [0.717, 1.165) is 21.7 Å². The Morgan fingerprint density at radius 2 is 2.03 bits per heavy atom. The third-order valence-electron chi connectivity index (χ3n) is 4.28. The maximum Gasteiger partial charge on any atom is 0.230 e. The maximum absolute atomic E-state index is 12.3. The van der Waals surface area contributed by atoms with Crippen molar-refractivity contribution in [2.45, 2.75) is 18.6 Å². The van der Waals surface area contributed by atoms with Crippen LogP contribution in [0, 0.1) is 6.92 Å². The summed E-state index contributed by atoms with van der Waals surface area (Å²) < 4.78 is 1.99. The average molecular weight is 422 g/mol. The van der Waals surface area contributed by atoms with Crippen molar-refractivity contribution < 1.29 is 4.79 Å². The van der Waals surface area contributed by atoms with Crippen molar-refractivity contribution in [1.29, 1.82) is 0 Å². The Labute approximate surface area is 177 Å². The molecule has 3 aromatic heterocycles. The van der Waals surface area contributed by atoms with Gasteiger partial charge in [-0.25, -0.2) is 0 Å². The smallest absolute Gasteiger partial charge is 0.230 e. The van der Waals surface area contributed by atoms with Gasteiger partial charge in [-0.15, -0.1) is 21.5 Å². The van der Waals surface area contributed by atoms with Crippen LogP contribution in [0.15, 0.2) is 71.5 Å². The fraction of sp³-hybridized carbons (Fsp3) is 0.143. The Hall–Kier alpha value is -2.97. The number of pyridine rings is 1. The van der Waals surface area contributed by atoms with Gasteiger partial charge in [0.2, 0.25) is 5.91 Å². The lowest BCUT2D eigenvalue weighted by atomic mass is 10.2. The first-order valence-corrected chi connectivity index (χ1v) is 10.9. The number of nitrogens with zero attached hydrogens (tertiary/aromatic N) is 4. The lowest BCUT2D eigenvalue weighted by Crippen LogP contribution is -2.24. The molecule has 1 amide bonds. The molecule has 0 atom stereocenters. The summed E-state index contributed by atoms with van der Waals surface area (Å²) in [5, 5.41) is 14.4. The number of carbonyl (C=O) groups excluding carboxylic acids is 1. The van der Waals surface area contributed by atoms with E-state index in [1.54, 1.807) is 23.7 Å². The van der Waals surface area contributed by atoms with Crippen LogP contribution < -0.4 is 5.32 Å². The van der Waals surface area contributed by atoms with Gasteiger partial charge in [0.25, 0.3) is 0 Å². The molecule has 0 spiro atoms. The van der Waals surface area contributed by atoms with Crippen LogP contribution in [0.1, 0.15) is 10.4 Å². The third-order valence-corrected chi connectivity index (χ3v) is 6.09. The summed E-state index contributed by atoms with van der Waals surface area (Å²) in [7, 11) is 0. The molecule has 4 rings (SSSR count). The van der Waals surface area contributed by atoms with E-state index in [0.29, 0.717) is 17.5 Å². The second kappa shape index (κ2) is 9.02. The Kier molecular flexibility index (Phi) is 6.02. The van der Waals surface area contributed by atoms with Crippen molar-refractivity contribution in [3.63, 3.8) is 0 Å². The fourth-order valence-electron chi connectivity index (χ4n) is 2.86. The van der Waals surface area contributed by atoms with Crippen molar-refractivity contribution >= 4 is 29.0 Å². The molecular weight excluding hydrogens is 402 g/mol. The molecular formula is C21H19N5OS2. The number of hydrogen-bond acceptors (Lipinski definition) is 6. The van der Waals surface area contributed by atoms with Crippen LogP contribution in [0.25, 0.3) is 17.1 Å². The molecule has 3 heterocycles. The number of thioether (sulfide) groups is 1. The minimum atomic E-state index is -0.0364. The summed E-state index contributed by atoms with van der Waals surface area (Å²) in [5.41, 5.74) is 2.96. The van der Waals surface area contributed by atoms with Crippen LogP contribution in [-0.4, -0.2) is 31.4 Å². The standard InChI is InChI=1S/C21H19N5OS2/c1-15-6-2-3-9-18(15)26-20(16-7-4-10-22-12-16)24-25-21(26)29-14-19(27)23-13-17-8-5-11-28-17/h2-12H,13-14H2,1H3,(H,23,27). The van der Waals surface area contributed by atoms with Crippen LogP contribution in [0.4, 0.5) is 0 Å². The van der Waals surface area contributed by atoms with Gasteiger partial charge in [0, 0.05) is 22.8 Å². The Morgan fingerprint density at radius 1 is 1.14 bits per heavy atom. The van der Waals surface area contributed by atoms with Gasteiger partial charge in [0.1, 0.15) is 0 Å². The molecule has 29 heavy (non-hydrogen) atoms. The van der Waals surface area contributed by atoms with Crippen LogP contribution in [0.3, 0.4) is 0 Å². The van der Waals surface area contributed by atoms with Crippen LogP contribution in [-0.2, 0) is 11.3 Å². The van der Waals surface area contributed by atoms with Crippen LogP contribution >= 0.6 is 23.1 Å². The summed E-state index contributed by atoms with van der Waals surface area (Å²) in [6.45, 7) is 2.59. The van der Waals surface area contributed by atoms with Gasteiger partial charge in [-0.05, 0) is 42.1 Å². The number of aromatic nitrogens is 4. The number of rotatable bonds is 7. The molecule has 0 aliphatic carbocycles. The molecule has 146 valence electrons. The van der Waals surface area contributed by atoms with Gasteiger partial charge in [-0.1, -0.05) is 36.0 Å². The van der Waals surface area contributed by atoms with Gasteiger partial charge in [0.15, 0.2) is 11.0 Å². The summed E-state index contributed by atoms with van der Waals surface area (Å²) in [4.78, 5) is 17.6. The van der Waals surface area contributed by atoms with E-state index >= 15 is 0 Å². The van der Waals surface area contributed by atoms with Gasteiger partial charge < -0.3 is 5.32 Å². The Morgan fingerprint density at radius 3 is 2.79 bits per heavy atom. The first kappa shape index (κ1) is 19.4. The molecule has 6 nitrogen and oxygen atoms in total. The maximum atomic E-state index is 12.3. The largest absolute Gasteiger partial charge is 0.350 e. The summed E-state index contributed by atoms with van der Waals surface area (Å²) in [6, 6.07) is 15.9. The van der Waals surface area contributed by atoms with E-state index in [1.807, 2.05) is 65.4 Å². The molecule has 0 saturated carbocycles. The molecule has 8 heteroatoms. The number of nitrogens with one attached hydrogen (secondary N) is 1. The van der Waals surface area contributed by atoms with Crippen molar-refractivity contribution in [2.75, 3.05) is 5.75 Å². The number of hydrogen-bond donors (Lipinski definition) is 1. The zero-order chi connectivity index (χ0) is 20.1. The Bertz CT molecular complexity index is 1090. The first-order valence-electron chi connectivity index (χ1n) is 9.06. The molecule has 0 saturated heterocycles. The number of carbonyl (C=O) groups is 1. The Balaban J connectivity index is 1.57. The number of aryl methyl sites for hydroxylation is 1. The summed E-state index contributed by atoms with van der Waals surface area (Å²) in [5.74, 6) is 0.933. The number of benzene rings is 1. The molecule has 0 aliphatic heterocycles. The molecule has 0 fully saturated rings. The van der Waals surface area contributed by atoms with E-state index in [4.69, 9.17) is 0 Å². The monoisotopic (exact) mass is 421 g/mol. The second-order valence-corrected chi connectivity index (χ2v) is 8.29. The molecule has 0 bridgehead atoms. The topological polar surface area (TPSA) is 72.7 Å². The predicted octanol–water partition coefficient (Wildman–Crippen LogP) is 4.11. The van der Waals surface area contributed by atoms with Gasteiger partial charge in [-0.2, -0.15) is 0 Å². The minimum absolute atomic E-state index is 0.0364. The number of thiophene rings is 1. The molecule has 4 aromatic rings. The highest BCUT2D eigenvalue weighted by Crippen LogP contribution is 2.29. The lowest BCUT2D eigenvalue weighted by molar-refractivity contribution is -0.118. The van der Waals surface area contributed by atoms with E-state index in [9.17, 15) is 4.79 Å². The summed E-state index contributed by atoms with van der Waals surface area (Å²) in [6.07, 6.45) is 3.49. The zero-order valence-corrected chi connectivity index (χ0v) is 17.4. The predicted molar refractivity (Wildman–Crippen MR) is 116 cm³/mol. The van der Waals surface area contributed by atoms with E-state index in [-0.39, 0.29) is 11.7 Å². The average Bonchev–Trinajstić information content (AvgIpc) is 3.42. The quantitative estimate of drug-likeness (QED) is 0.455. The number of para-hydroxylation sites is 1. The van der Waals surface area contributed by atoms with Gasteiger partial charge >= 0.3 is 0 Å². The lowest BCUT2D eigenvalue weighted by Gasteiger charge is -2.12. The molecule has 0 radical (unpaired) electrons. The van der Waals surface area contributed by atoms with Crippen LogP contribution in [0.2, 0.25) is 0 Å². The minimum Gasteiger partial charge on any atom is -0.350 e. The van der Waals surface area contributed by atoms with E-state index in [2.05, 4.69) is 20.5 Å². The highest BCUT2D eigenvalue weighted by molar-refractivity contribution is 7.99. The molecule has 1 aromatic carbocycles. The van der Waals surface area contributed by atoms with E-state index < -0.39 is 0 Å². The summed E-state index contributed by atoms with van der Waals surface area (Å²) >= 11 is 3.00. The van der Waals surface area contributed by atoms with Gasteiger partial charge in [-0.3, -0.25) is 14.3 Å². The highest BCUT2D eigenvalue weighted by atomic mass is 32.2. The van der Waals surface area contributed by atoms with Crippen molar-refractivity contribution in [1.82, 2.24) is 25.1 Å².